The average Bonchev–Trinajstić information content (AvgIpc) is 2.91. The van der Waals surface area contributed by atoms with Gasteiger partial charge in [-0.1, -0.05) is 18.2 Å². The molecule has 4 rings (SSSR count). The van der Waals surface area contributed by atoms with E-state index in [9.17, 15) is 9.59 Å². The maximum absolute atomic E-state index is 15.0. The van der Waals surface area contributed by atoms with E-state index in [0.29, 0.717) is 43.4 Å². The van der Waals surface area contributed by atoms with Gasteiger partial charge in [-0.25, -0.2) is 23.9 Å². The Morgan fingerprint density at radius 3 is 2.49 bits per heavy atom. The van der Waals surface area contributed by atoms with Gasteiger partial charge in [0.05, 0.1) is 32.1 Å². The Hall–Kier alpha value is -4.25. The van der Waals surface area contributed by atoms with E-state index in [1.165, 1.54) is 18.2 Å². The van der Waals surface area contributed by atoms with E-state index in [1.807, 2.05) is 4.90 Å². The van der Waals surface area contributed by atoms with Gasteiger partial charge in [-0.05, 0) is 44.2 Å². The maximum Gasteiger partial charge on any atom is 0.417 e. The van der Waals surface area contributed by atoms with E-state index in [0.717, 1.165) is 0 Å². The lowest BCUT2D eigenvalue weighted by Gasteiger charge is -2.29. The summed E-state index contributed by atoms with van der Waals surface area (Å²) in [6.45, 7) is 5.91. The van der Waals surface area contributed by atoms with Crippen molar-refractivity contribution in [2.24, 2.45) is 0 Å². The molecule has 1 fully saturated rings. The van der Waals surface area contributed by atoms with Gasteiger partial charge in [0.15, 0.2) is 23.1 Å². The third-order valence-corrected chi connectivity index (χ3v) is 5.33. The number of para-hydroxylation sites is 1. The van der Waals surface area contributed by atoms with Gasteiger partial charge in [-0.2, -0.15) is 0 Å². The number of hydrogen-bond donors (Lipinski definition) is 1. The summed E-state index contributed by atoms with van der Waals surface area (Å²) in [5.41, 5.74) is 0.154. The van der Waals surface area contributed by atoms with Crippen molar-refractivity contribution < 1.29 is 32.9 Å². The highest BCUT2D eigenvalue weighted by Crippen LogP contribution is 2.34. The zero-order valence-corrected chi connectivity index (χ0v) is 20.5. The number of carbonyl (C=O) groups is 2. The van der Waals surface area contributed by atoms with Crippen molar-refractivity contribution in [1.29, 1.82) is 0 Å². The summed E-state index contributed by atoms with van der Waals surface area (Å²) in [4.78, 5) is 35.9. The van der Waals surface area contributed by atoms with Gasteiger partial charge in [0.25, 0.3) is 0 Å². The van der Waals surface area contributed by atoms with Crippen LogP contribution in [0.2, 0.25) is 0 Å². The molecule has 1 aromatic heterocycles. The molecule has 1 saturated heterocycles. The van der Waals surface area contributed by atoms with Gasteiger partial charge < -0.3 is 23.8 Å². The lowest BCUT2D eigenvalue weighted by molar-refractivity contribution is 0.0514. The molecule has 37 heavy (non-hydrogen) atoms. The number of esters is 1. The van der Waals surface area contributed by atoms with E-state index < -0.39 is 17.9 Å². The Labute approximate surface area is 213 Å². The molecule has 1 N–H and O–H groups in total. The number of morpholine rings is 1. The third kappa shape index (κ3) is 6.31. The maximum atomic E-state index is 15.0. The average molecular weight is 511 g/mol. The molecule has 0 aliphatic carbocycles. The third-order valence-electron chi connectivity index (χ3n) is 5.33. The summed E-state index contributed by atoms with van der Waals surface area (Å²) in [6, 6.07) is 12.5. The first kappa shape index (κ1) is 25.8. The van der Waals surface area contributed by atoms with Gasteiger partial charge in [0.2, 0.25) is 0 Å². The number of halogens is 1. The van der Waals surface area contributed by atoms with E-state index in [1.54, 1.807) is 44.2 Å². The number of rotatable bonds is 8. The fourth-order valence-corrected chi connectivity index (χ4v) is 3.66. The Balaban J connectivity index is 1.67. The topological polar surface area (TPSA) is 112 Å². The summed E-state index contributed by atoms with van der Waals surface area (Å²) in [5.74, 6) is -0.384. The molecule has 10 nitrogen and oxygen atoms in total. The van der Waals surface area contributed by atoms with Gasteiger partial charge in [-0.15, -0.1) is 0 Å². The van der Waals surface area contributed by atoms with Crippen LogP contribution in [0.25, 0.3) is 11.4 Å². The van der Waals surface area contributed by atoms with Crippen LogP contribution >= 0.6 is 0 Å². The lowest BCUT2D eigenvalue weighted by atomic mass is 10.1. The number of aromatic nitrogens is 2. The molecule has 2 aromatic carbocycles. The molecule has 1 aliphatic heterocycles. The molecule has 194 valence electrons. The van der Waals surface area contributed by atoms with Crippen LogP contribution in [0.1, 0.15) is 24.3 Å². The number of amides is 1. The Bertz CT molecular complexity index is 1250. The minimum atomic E-state index is -0.839. The van der Waals surface area contributed by atoms with Crippen LogP contribution in [0, 0.1) is 5.82 Å². The van der Waals surface area contributed by atoms with Crippen LogP contribution in [0.15, 0.2) is 48.5 Å². The molecule has 2 heterocycles. The van der Waals surface area contributed by atoms with Crippen LogP contribution in [-0.4, -0.2) is 61.5 Å². The highest BCUT2D eigenvalue weighted by molar-refractivity contribution is 5.93. The second kappa shape index (κ2) is 12.1. The fourth-order valence-electron chi connectivity index (χ4n) is 3.66. The summed E-state index contributed by atoms with van der Waals surface area (Å²) < 4.78 is 36.6. The zero-order chi connectivity index (χ0) is 26.2. The standard InChI is InChI=1S/C26H27FN4O6/c1-3-35-22-21(25(32)36-4-2)29-23(30-24(22)31-12-14-34-15-13-31)17-10-11-20(19(27)16-17)28-26(33)37-18-8-6-5-7-9-18/h5-11,16H,3-4,12-15H2,1-2H3,(H,28,33). The van der Waals surface area contributed by atoms with Gasteiger partial charge in [0.1, 0.15) is 11.6 Å². The Morgan fingerprint density at radius 1 is 1.05 bits per heavy atom. The number of nitrogens with zero attached hydrogens (tertiary/aromatic N) is 3. The van der Waals surface area contributed by atoms with Crippen molar-refractivity contribution in [3.63, 3.8) is 0 Å². The molecule has 0 bridgehead atoms. The highest BCUT2D eigenvalue weighted by Gasteiger charge is 2.27. The summed E-state index contributed by atoms with van der Waals surface area (Å²) in [7, 11) is 0. The summed E-state index contributed by atoms with van der Waals surface area (Å²) >= 11 is 0. The first-order chi connectivity index (χ1) is 18.0. The Kier molecular flexibility index (Phi) is 8.47. The molecular formula is C26H27FN4O6. The zero-order valence-electron chi connectivity index (χ0n) is 20.5. The molecular weight excluding hydrogens is 483 g/mol. The molecule has 0 atom stereocenters. The van der Waals surface area contributed by atoms with Crippen LogP contribution < -0.4 is 19.7 Å². The Morgan fingerprint density at radius 2 is 1.81 bits per heavy atom. The van der Waals surface area contributed by atoms with Crippen LogP contribution in [0.3, 0.4) is 0 Å². The van der Waals surface area contributed by atoms with Gasteiger partial charge in [-0.3, -0.25) is 5.32 Å². The van der Waals surface area contributed by atoms with Crippen molar-refractivity contribution in [2.45, 2.75) is 13.8 Å². The number of anilines is 2. The highest BCUT2D eigenvalue weighted by atomic mass is 19.1. The predicted octanol–water partition coefficient (Wildman–Crippen LogP) is 4.31. The van der Waals surface area contributed by atoms with Crippen molar-refractivity contribution in [3.8, 4) is 22.9 Å². The van der Waals surface area contributed by atoms with Crippen molar-refractivity contribution >= 4 is 23.6 Å². The lowest BCUT2D eigenvalue weighted by Crippen LogP contribution is -2.37. The van der Waals surface area contributed by atoms with Gasteiger partial charge in [0, 0.05) is 18.7 Å². The van der Waals surface area contributed by atoms with Crippen LogP contribution in [-0.2, 0) is 9.47 Å². The molecule has 0 unspecified atom stereocenters. The largest absolute Gasteiger partial charge is 0.488 e. The molecule has 1 aliphatic rings. The molecule has 11 heteroatoms. The fraction of sp³-hybridized carbons (Fsp3) is 0.308. The van der Waals surface area contributed by atoms with Crippen molar-refractivity contribution in [3.05, 3.63) is 60.0 Å². The van der Waals surface area contributed by atoms with Crippen molar-refractivity contribution in [1.82, 2.24) is 9.97 Å². The van der Waals surface area contributed by atoms with Crippen LogP contribution in [0.5, 0.6) is 11.5 Å². The second-order valence-corrected chi connectivity index (χ2v) is 7.82. The van der Waals surface area contributed by atoms with E-state index in [-0.39, 0.29) is 36.2 Å². The van der Waals surface area contributed by atoms with E-state index >= 15 is 4.39 Å². The van der Waals surface area contributed by atoms with Crippen LogP contribution in [0.4, 0.5) is 20.7 Å². The monoisotopic (exact) mass is 510 g/mol. The molecule has 0 saturated carbocycles. The molecule has 0 spiro atoms. The SMILES string of the molecule is CCOC(=O)c1nc(-c2ccc(NC(=O)Oc3ccccc3)c(F)c2)nc(N2CCOCC2)c1OCC. The minimum absolute atomic E-state index is 0.0516. The molecule has 0 radical (unpaired) electrons. The number of benzene rings is 2. The molecule has 3 aromatic rings. The number of ether oxygens (including phenoxy) is 4. The normalized spacial score (nSPS) is 13.1. The minimum Gasteiger partial charge on any atom is -0.488 e. The molecule has 1 amide bonds. The number of hydrogen-bond acceptors (Lipinski definition) is 9. The van der Waals surface area contributed by atoms with E-state index in [4.69, 9.17) is 18.9 Å². The quantitative estimate of drug-likeness (QED) is 0.443. The van der Waals surface area contributed by atoms with E-state index in [2.05, 4.69) is 15.3 Å². The van der Waals surface area contributed by atoms with Gasteiger partial charge >= 0.3 is 12.1 Å². The predicted molar refractivity (Wildman–Crippen MR) is 134 cm³/mol. The second-order valence-electron chi connectivity index (χ2n) is 7.82. The summed E-state index contributed by atoms with van der Waals surface area (Å²) in [5, 5.41) is 2.38. The van der Waals surface area contributed by atoms with Crippen molar-refractivity contribution in [2.75, 3.05) is 49.7 Å². The summed E-state index contributed by atoms with van der Waals surface area (Å²) in [6.07, 6.45) is -0.839. The smallest absolute Gasteiger partial charge is 0.417 e. The number of carbonyl (C=O) groups excluding carboxylic acids is 2. The first-order valence-electron chi connectivity index (χ1n) is 11.9. The number of nitrogens with one attached hydrogen (secondary N) is 1. The first-order valence-corrected chi connectivity index (χ1v) is 11.9.